The lowest BCUT2D eigenvalue weighted by Gasteiger charge is -2.10. The van der Waals surface area contributed by atoms with Gasteiger partial charge in [0.25, 0.3) is 0 Å². The van der Waals surface area contributed by atoms with Crippen LogP contribution in [0.2, 0.25) is 0 Å². The van der Waals surface area contributed by atoms with Crippen LogP contribution in [0.5, 0.6) is 0 Å². The average Bonchev–Trinajstić information content (AvgIpc) is 2.67. The molecular formula is C17H13F4IN6. The lowest BCUT2D eigenvalue weighted by Crippen LogP contribution is -2.11. The van der Waals surface area contributed by atoms with Crippen LogP contribution in [0.4, 0.5) is 29.3 Å². The first-order valence-electron chi connectivity index (χ1n) is 7.95. The molecule has 0 spiro atoms. The van der Waals surface area contributed by atoms with E-state index in [1.54, 1.807) is 12.1 Å². The predicted molar refractivity (Wildman–Crippen MR) is 103 cm³/mol. The van der Waals surface area contributed by atoms with Crippen LogP contribution in [0.25, 0.3) is 0 Å². The number of nitrogens with one attached hydrogen (secondary N) is 2. The van der Waals surface area contributed by atoms with Gasteiger partial charge in [-0.2, -0.15) is 13.2 Å². The van der Waals surface area contributed by atoms with Crippen molar-refractivity contribution >= 4 is 34.4 Å². The minimum atomic E-state index is -4.52. The van der Waals surface area contributed by atoms with Crippen molar-refractivity contribution in [1.29, 1.82) is 0 Å². The van der Waals surface area contributed by atoms with Crippen molar-refractivity contribution in [3.05, 3.63) is 69.2 Å². The Hall–Kier alpha value is -2.57. The Morgan fingerprint density at radius 1 is 0.893 bits per heavy atom. The third-order valence-electron chi connectivity index (χ3n) is 3.59. The molecular weight excluding hydrogens is 491 g/mol. The van der Waals surface area contributed by atoms with Crippen LogP contribution in [0.15, 0.2) is 42.7 Å². The summed E-state index contributed by atoms with van der Waals surface area (Å²) >= 11 is 1.89. The average molecular weight is 504 g/mol. The summed E-state index contributed by atoms with van der Waals surface area (Å²) < 4.78 is 52.0. The highest BCUT2D eigenvalue weighted by atomic mass is 127. The smallest absolute Gasteiger partial charge is 0.363 e. The summed E-state index contributed by atoms with van der Waals surface area (Å²) in [6, 6.07) is 8.06. The second-order valence-corrected chi connectivity index (χ2v) is 6.59. The molecule has 11 heteroatoms. The van der Waals surface area contributed by atoms with E-state index < -0.39 is 17.7 Å². The van der Waals surface area contributed by atoms with Gasteiger partial charge < -0.3 is 10.6 Å². The number of anilines is 2. The lowest BCUT2D eigenvalue weighted by atomic mass is 10.1. The number of rotatable bonds is 6. The van der Waals surface area contributed by atoms with E-state index in [9.17, 15) is 17.6 Å². The molecule has 0 saturated heterocycles. The molecule has 2 heterocycles. The maximum absolute atomic E-state index is 13.6. The Balaban J connectivity index is 1.57. The quantitative estimate of drug-likeness (QED) is 0.297. The molecule has 0 aliphatic heterocycles. The molecule has 0 saturated carbocycles. The van der Waals surface area contributed by atoms with Crippen LogP contribution < -0.4 is 10.6 Å². The first kappa shape index (κ1) is 20.2. The van der Waals surface area contributed by atoms with E-state index in [0.717, 1.165) is 29.6 Å². The molecule has 0 amide bonds. The highest BCUT2D eigenvalue weighted by molar-refractivity contribution is 14.1. The van der Waals surface area contributed by atoms with Gasteiger partial charge in [-0.25, -0.2) is 24.3 Å². The Kier molecular flexibility index (Phi) is 6.21. The zero-order valence-corrected chi connectivity index (χ0v) is 16.3. The largest absolute Gasteiger partial charge is 0.433 e. The van der Waals surface area contributed by atoms with Gasteiger partial charge in [-0.1, -0.05) is 24.3 Å². The topological polar surface area (TPSA) is 75.6 Å². The summed E-state index contributed by atoms with van der Waals surface area (Å²) in [4.78, 5) is 15.0. The summed E-state index contributed by atoms with van der Waals surface area (Å²) in [5, 5.41) is 5.65. The van der Waals surface area contributed by atoms with Gasteiger partial charge >= 0.3 is 6.18 Å². The molecule has 2 aromatic heterocycles. The van der Waals surface area contributed by atoms with Crippen LogP contribution in [0.3, 0.4) is 0 Å². The first-order valence-corrected chi connectivity index (χ1v) is 9.03. The van der Waals surface area contributed by atoms with Gasteiger partial charge in [-0.15, -0.1) is 0 Å². The molecule has 0 bridgehead atoms. The first-order chi connectivity index (χ1) is 13.3. The fourth-order valence-corrected chi connectivity index (χ4v) is 2.59. The lowest BCUT2D eigenvalue weighted by molar-refractivity contribution is -0.141. The van der Waals surface area contributed by atoms with E-state index >= 15 is 0 Å². The second kappa shape index (κ2) is 8.63. The van der Waals surface area contributed by atoms with Crippen molar-refractivity contribution in [3.8, 4) is 0 Å². The van der Waals surface area contributed by atoms with E-state index in [4.69, 9.17) is 0 Å². The Bertz CT molecular complexity index is 949. The fourth-order valence-electron chi connectivity index (χ4n) is 2.21. The number of benzene rings is 1. The molecule has 146 valence electrons. The van der Waals surface area contributed by atoms with Crippen molar-refractivity contribution in [3.63, 3.8) is 0 Å². The normalized spacial score (nSPS) is 11.3. The van der Waals surface area contributed by atoms with Gasteiger partial charge in [0.1, 0.15) is 5.69 Å². The van der Waals surface area contributed by atoms with Gasteiger partial charge in [0, 0.05) is 41.9 Å². The Labute approximate surface area is 171 Å². The molecule has 0 aliphatic carbocycles. The number of aromatic nitrogens is 4. The van der Waals surface area contributed by atoms with Crippen molar-refractivity contribution in [2.45, 2.75) is 19.3 Å². The van der Waals surface area contributed by atoms with Crippen LogP contribution in [0, 0.1) is 9.65 Å². The number of nitrogens with zero attached hydrogens (tertiary/aromatic N) is 4. The molecule has 0 atom stereocenters. The summed E-state index contributed by atoms with van der Waals surface area (Å²) in [6.45, 7) is 0.613. The predicted octanol–water partition coefficient (Wildman–Crippen LogP) is 4.25. The van der Waals surface area contributed by atoms with Crippen molar-refractivity contribution in [2.75, 3.05) is 10.6 Å². The maximum Gasteiger partial charge on any atom is 0.433 e. The molecule has 3 aromatic rings. The molecule has 3 rings (SSSR count). The molecule has 0 fully saturated rings. The van der Waals surface area contributed by atoms with Gasteiger partial charge in [-0.3, -0.25) is 0 Å². The number of alkyl halides is 3. The summed E-state index contributed by atoms with van der Waals surface area (Å²) in [5.41, 5.74) is 0.706. The van der Waals surface area contributed by atoms with E-state index in [2.05, 4.69) is 30.6 Å². The Morgan fingerprint density at radius 3 is 2.18 bits per heavy atom. The summed E-state index contributed by atoms with van der Waals surface area (Å²) in [6.07, 6.45) is -2.36. The Morgan fingerprint density at radius 2 is 1.54 bits per heavy atom. The zero-order valence-electron chi connectivity index (χ0n) is 14.1. The van der Waals surface area contributed by atoms with Gasteiger partial charge in [0.15, 0.2) is 15.5 Å². The highest BCUT2D eigenvalue weighted by Crippen LogP contribution is 2.27. The van der Waals surface area contributed by atoms with Gasteiger partial charge in [0.2, 0.25) is 5.95 Å². The maximum atomic E-state index is 13.6. The molecule has 0 unspecified atom stereocenters. The van der Waals surface area contributed by atoms with E-state index in [1.807, 2.05) is 34.7 Å². The highest BCUT2D eigenvalue weighted by Gasteiger charge is 2.32. The third kappa shape index (κ3) is 5.47. The van der Waals surface area contributed by atoms with E-state index in [-0.39, 0.29) is 18.3 Å². The molecule has 28 heavy (non-hydrogen) atoms. The van der Waals surface area contributed by atoms with E-state index in [0.29, 0.717) is 10.4 Å². The van der Waals surface area contributed by atoms with Gasteiger partial charge in [-0.05, 0) is 17.2 Å². The molecule has 1 aromatic carbocycles. The van der Waals surface area contributed by atoms with Crippen molar-refractivity contribution in [2.24, 2.45) is 0 Å². The molecule has 6 nitrogen and oxygen atoms in total. The van der Waals surface area contributed by atoms with Crippen molar-refractivity contribution < 1.29 is 17.6 Å². The molecule has 2 N–H and O–H groups in total. The van der Waals surface area contributed by atoms with Gasteiger partial charge in [0.05, 0.1) is 6.20 Å². The SMILES string of the molecule is Fc1cnc(I)nc1NCc1ccc(CNc2nccc(C(F)(F)F)n2)cc1. The fraction of sp³-hybridized carbons (Fsp3) is 0.176. The summed E-state index contributed by atoms with van der Waals surface area (Å²) in [7, 11) is 0. The second-order valence-electron chi connectivity index (χ2n) is 5.62. The molecule has 0 aliphatic rings. The third-order valence-corrected chi connectivity index (χ3v) is 4.11. The summed E-state index contributed by atoms with van der Waals surface area (Å²) in [5.74, 6) is -0.524. The van der Waals surface area contributed by atoms with Crippen LogP contribution in [-0.2, 0) is 19.3 Å². The number of hydrogen-bond acceptors (Lipinski definition) is 6. The monoisotopic (exact) mass is 504 g/mol. The minimum Gasteiger partial charge on any atom is -0.363 e. The van der Waals surface area contributed by atoms with Crippen LogP contribution >= 0.6 is 22.6 Å². The molecule has 0 radical (unpaired) electrons. The standard InChI is InChI=1S/C17H13F4IN6/c18-12-9-25-15(22)28-14(12)24-7-10-1-3-11(4-2-10)8-26-16-23-6-5-13(27-16)17(19,20)21/h1-6,9H,7-8H2,(H,23,26,27)(H,24,25,28). The van der Waals surface area contributed by atoms with Crippen LogP contribution in [-0.4, -0.2) is 19.9 Å². The number of hydrogen-bond donors (Lipinski definition) is 2. The van der Waals surface area contributed by atoms with Crippen molar-refractivity contribution in [1.82, 2.24) is 19.9 Å². The minimum absolute atomic E-state index is 0.102. The van der Waals surface area contributed by atoms with E-state index in [1.165, 1.54) is 0 Å². The van der Waals surface area contributed by atoms with Crippen LogP contribution in [0.1, 0.15) is 16.8 Å². The number of halogens is 5. The zero-order chi connectivity index (χ0) is 20.1.